The standard InChI is InChI=1S/C24H25NO5S/c1-16-11-17(2)13-19(12-16)15-30-21-8-6-20(7-9-21)25-31(27,28)22-10-5-18(3)23(14-22)24(26)29-4/h5-14,25H,15H2,1-4H3. The lowest BCUT2D eigenvalue weighted by atomic mass is 10.1. The fourth-order valence-corrected chi connectivity index (χ4v) is 4.33. The molecule has 0 aliphatic carbocycles. The Kier molecular flexibility index (Phi) is 6.65. The number of anilines is 1. The summed E-state index contributed by atoms with van der Waals surface area (Å²) >= 11 is 0. The van der Waals surface area contributed by atoms with E-state index in [1.54, 1.807) is 37.3 Å². The highest BCUT2D eigenvalue weighted by Gasteiger charge is 2.18. The molecule has 7 heteroatoms. The average Bonchev–Trinajstić information content (AvgIpc) is 2.72. The molecule has 0 heterocycles. The van der Waals surface area contributed by atoms with Crippen LogP contribution in [0.2, 0.25) is 0 Å². The van der Waals surface area contributed by atoms with E-state index in [0.717, 1.165) is 5.56 Å². The normalized spacial score (nSPS) is 11.1. The van der Waals surface area contributed by atoms with E-state index in [9.17, 15) is 13.2 Å². The Labute approximate surface area is 182 Å². The molecule has 6 nitrogen and oxygen atoms in total. The molecule has 0 unspecified atom stereocenters. The van der Waals surface area contributed by atoms with Crippen molar-refractivity contribution in [1.29, 1.82) is 0 Å². The Balaban J connectivity index is 1.71. The van der Waals surface area contributed by atoms with Gasteiger partial charge >= 0.3 is 5.97 Å². The molecule has 3 rings (SSSR count). The van der Waals surface area contributed by atoms with Crippen molar-refractivity contribution in [2.45, 2.75) is 32.3 Å². The molecule has 3 aromatic rings. The van der Waals surface area contributed by atoms with Crippen LogP contribution < -0.4 is 9.46 Å². The lowest BCUT2D eigenvalue weighted by Crippen LogP contribution is -2.14. The molecular weight excluding hydrogens is 414 g/mol. The molecule has 3 aromatic carbocycles. The van der Waals surface area contributed by atoms with E-state index in [2.05, 4.69) is 22.9 Å². The van der Waals surface area contributed by atoms with E-state index in [1.165, 1.54) is 30.4 Å². The Morgan fingerprint density at radius 2 is 1.55 bits per heavy atom. The van der Waals surface area contributed by atoms with Crippen molar-refractivity contribution in [3.05, 3.63) is 88.5 Å². The van der Waals surface area contributed by atoms with Gasteiger partial charge in [-0.05, 0) is 68.3 Å². The fraction of sp³-hybridized carbons (Fsp3) is 0.208. The number of nitrogens with one attached hydrogen (secondary N) is 1. The van der Waals surface area contributed by atoms with Gasteiger partial charge in [0.15, 0.2) is 0 Å². The molecule has 162 valence electrons. The van der Waals surface area contributed by atoms with E-state index in [4.69, 9.17) is 9.47 Å². The second-order valence-electron chi connectivity index (χ2n) is 7.38. The van der Waals surface area contributed by atoms with Crippen molar-refractivity contribution in [2.75, 3.05) is 11.8 Å². The number of ether oxygens (including phenoxy) is 2. The summed E-state index contributed by atoms with van der Waals surface area (Å²) in [6.07, 6.45) is 0. The number of rotatable bonds is 7. The summed E-state index contributed by atoms with van der Waals surface area (Å²) in [5.74, 6) is 0.0466. The van der Waals surface area contributed by atoms with E-state index < -0.39 is 16.0 Å². The highest BCUT2D eigenvalue weighted by Crippen LogP contribution is 2.22. The third-order valence-electron chi connectivity index (χ3n) is 4.72. The van der Waals surface area contributed by atoms with Crippen LogP contribution in [0, 0.1) is 20.8 Å². The molecule has 0 amide bonds. The Morgan fingerprint density at radius 1 is 0.903 bits per heavy atom. The van der Waals surface area contributed by atoms with Crippen molar-refractivity contribution in [1.82, 2.24) is 0 Å². The largest absolute Gasteiger partial charge is 0.489 e. The van der Waals surface area contributed by atoms with Gasteiger partial charge in [0.2, 0.25) is 0 Å². The summed E-state index contributed by atoms with van der Waals surface area (Å²) < 4.78 is 38.5. The first kappa shape index (κ1) is 22.4. The first-order chi connectivity index (χ1) is 14.7. The molecule has 0 aromatic heterocycles. The number of esters is 1. The summed E-state index contributed by atoms with van der Waals surface area (Å²) in [4.78, 5) is 11.8. The van der Waals surface area contributed by atoms with Gasteiger partial charge in [-0.1, -0.05) is 35.4 Å². The maximum absolute atomic E-state index is 12.7. The average molecular weight is 440 g/mol. The lowest BCUT2D eigenvalue weighted by Gasteiger charge is -2.12. The molecule has 0 spiro atoms. The van der Waals surface area contributed by atoms with Crippen LogP contribution >= 0.6 is 0 Å². The number of carbonyl (C=O) groups excluding carboxylic acids is 1. The third-order valence-corrected chi connectivity index (χ3v) is 6.10. The number of carbonyl (C=O) groups is 1. The number of benzene rings is 3. The molecule has 0 fully saturated rings. The van der Waals surface area contributed by atoms with Gasteiger partial charge in [-0.2, -0.15) is 0 Å². The van der Waals surface area contributed by atoms with Crippen LogP contribution in [0.3, 0.4) is 0 Å². The predicted molar refractivity (Wildman–Crippen MR) is 120 cm³/mol. The molecule has 0 radical (unpaired) electrons. The van der Waals surface area contributed by atoms with Crippen molar-refractivity contribution in [3.8, 4) is 5.75 Å². The summed E-state index contributed by atoms with van der Waals surface area (Å²) in [6.45, 7) is 6.22. The van der Waals surface area contributed by atoms with Crippen LogP contribution in [-0.2, 0) is 21.4 Å². The van der Waals surface area contributed by atoms with E-state index in [-0.39, 0.29) is 10.5 Å². The molecule has 31 heavy (non-hydrogen) atoms. The quantitative estimate of drug-likeness (QED) is 0.536. The summed E-state index contributed by atoms with van der Waals surface area (Å²) in [5, 5.41) is 0. The highest BCUT2D eigenvalue weighted by atomic mass is 32.2. The van der Waals surface area contributed by atoms with E-state index >= 15 is 0 Å². The zero-order valence-electron chi connectivity index (χ0n) is 17.9. The molecule has 0 bridgehead atoms. The summed E-state index contributed by atoms with van der Waals surface area (Å²) in [5.41, 5.74) is 4.66. The third kappa shape index (κ3) is 5.64. The van der Waals surface area contributed by atoms with Gasteiger partial charge in [-0.15, -0.1) is 0 Å². The maximum atomic E-state index is 12.7. The molecule has 0 atom stereocenters. The molecule has 0 saturated carbocycles. The number of sulfonamides is 1. The Hall–Kier alpha value is -3.32. The number of aryl methyl sites for hydroxylation is 3. The van der Waals surface area contributed by atoms with Gasteiger partial charge in [0.05, 0.1) is 17.6 Å². The SMILES string of the molecule is COC(=O)c1cc(S(=O)(=O)Nc2ccc(OCc3cc(C)cc(C)c3)cc2)ccc1C. The van der Waals surface area contributed by atoms with Crippen molar-refractivity contribution in [3.63, 3.8) is 0 Å². The number of hydrogen-bond donors (Lipinski definition) is 1. The maximum Gasteiger partial charge on any atom is 0.338 e. The monoisotopic (exact) mass is 439 g/mol. The van der Waals surface area contributed by atoms with Gasteiger partial charge in [0.25, 0.3) is 10.0 Å². The van der Waals surface area contributed by atoms with Crippen LogP contribution in [0.25, 0.3) is 0 Å². The smallest absolute Gasteiger partial charge is 0.338 e. The predicted octanol–water partition coefficient (Wildman–Crippen LogP) is 4.78. The number of hydrogen-bond acceptors (Lipinski definition) is 5. The minimum absolute atomic E-state index is 0.0198. The minimum atomic E-state index is -3.87. The van der Waals surface area contributed by atoms with Crippen LogP contribution in [-0.4, -0.2) is 21.5 Å². The van der Waals surface area contributed by atoms with Crippen LogP contribution in [0.1, 0.15) is 32.6 Å². The van der Waals surface area contributed by atoms with Gasteiger partial charge < -0.3 is 9.47 Å². The molecule has 0 aliphatic heterocycles. The Morgan fingerprint density at radius 3 is 2.16 bits per heavy atom. The number of methoxy groups -OCH3 is 1. The first-order valence-corrected chi connectivity index (χ1v) is 11.2. The summed E-state index contributed by atoms with van der Waals surface area (Å²) in [6, 6.07) is 17.2. The topological polar surface area (TPSA) is 81.7 Å². The van der Waals surface area contributed by atoms with Gasteiger partial charge in [0, 0.05) is 5.69 Å². The van der Waals surface area contributed by atoms with Crippen LogP contribution in [0.5, 0.6) is 5.75 Å². The summed E-state index contributed by atoms with van der Waals surface area (Å²) in [7, 11) is -2.62. The van der Waals surface area contributed by atoms with Crippen molar-refractivity contribution in [2.24, 2.45) is 0 Å². The molecular formula is C24H25NO5S. The molecule has 0 saturated heterocycles. The Bertz CT molecular complexity index is 1180. The zero-order chi connectivity index (χ0) is 22.6. The fourth-order valence-electron chi connectivity index (χ4n) is 3.25. The molecule has 0 aliphatic rings. The lowest BCUT2D eigenvalue weighted by molar-refractivity contribution is 0.0599. The van der Waals surface area contributed by atoms with E-state index in [1.807, 2.05) is 13.8 Å². The van der Waals surface area contributed by atoms with Crippen LogP contribution in [0.15, 0.2) is 65.6 Å². The van der Waals surface area contributed by atoms with Gasteiger partial charge in [-0.25, -0.2) is 13.2 Å². The van der Waals surface area contributed by atoms with Gasteiger partial charge in [0.1, 0.15) is 12.4 Å². The van der Waals surface area contributed by atoms with Crippen molar-refractivity contribution < 1.29 is 22.7 Å². The van der Waals surface area contributed by atoms with Gasteiger partial charge in [-0.3, -0.25) is 4.72 Å². The second kappa shape index (κ2) is 9.22. The minimum Gasteiger partial charge on any atom is -0.489 e. The van der Waals surface area contributed by atoms with Crippen LogP contribution in [0.4, 0.5) is 5.69 Å². The highest BCUT2D eigenvalue weighted by molar-refractivity contribution is 7.92. The van der Waals surface area contributed by atoms with E-state index in [0.29, 0.717) is 23.6 Å². The van der Waals surface area contributed by atoms with Crippen molar-refractivity contribution >= 4 is 21.7 Å². The molecule has 1 N–H and O–H groups in total. The zero-order valence-corrected chi connectivity index (χ0v) is 18.7. The first-order valence-electron chi connectivity index (χ1n) is 9.70. The second-order valence-corrected chi connectivity index (χ2v) is 9.07.